The fourth-order valence-electron chi connectivity index (χ4n) is 4.66. The van der Waals surface area contributed by atoms with Gasteiger partial charge in [-0.05, 0) is 50.6 Å². The third-order valence-electron chi connectivity index (χ3n) is 6.64. The largest absolute Gasteiger partial charge is 0.463 e. The van der Waals surface area contributed by atoms with Crippen LogP contribution in [0.2, 0.25) is 0 Å². The first-order valence-corrected chi connectivity index (χ1v) is 13.4. The molecule has 1 aliphatic heterocycles. The van der Waals surface area contributed by atoms with E-state index in [1.807, 2.05) is 0 Å². The van der Waals surface area contributed by atoms with Gasteiger partial charge in [0.05, 0.1) is 38.9 Å². The molecule has 4 aromatic rings. The molecule has 0 amide bonds. The summed E-state index contributed by atoms with van der Waals surface area (Å²) in [5.41, 5.74) is -0.246. The summed E-state index contributed by atoms with van der Waals surface area (Å²) in [4.78, 5) is 42.6. The lowest BCUT2D eigenvalue weighted by atomic mass is 9.94. The molecule has 0 bridgehead atoms. The molecule has 1 aliphatic rings. The number of aromatic nitrogens is 1. The average Bonchev–Trinajstić information content (AvgIpc) is 3.52. The van der Waals surface area contributed by atoms with Gasteiger partial charge in [0.2, 0.25) is 0 Å². The molecule has 0 saturated carbocycles. The molecule has 2 aromatic carbocycles. The SMILES string of the molecule is CCOC(=O)C1=C(C)N=c2s/c(=C/c3ccc(-c4cccc(C(F)(F)F)c4)o3)c(=O)n2[C@@H]1c1ccc(C)c([N+](=O)[O-])c1. The highest BCUT2D eigenvalue weighted by atomic mass is 32.1. The van der Waals surface area contributed by atoms with E-state index in [0.29, 0.717) is 16.8 Å². The molecule has 1 atom stereocenters. The third-order valence-corrected chi connectivity index (χ3v) is 7.62. The Bertz CT molecular complexity index is 1950. The topological polar surface area (TPSA) is 117 Å². The lowest BCUT2D eigenvalue weighted by Gasteiger charge is -2.24. The summed E-state index contributed by atoms with van der Waals surface area (Å²) in [6.45, 7) is 4.86. The molecule has 42 heavy (non-hydrogen) atoms. The van der Waals surface area contributed by atoms with Crippen molar-refractivity contribution in [3.05, 3.63) is 118 Å². The van der Waals surface area contributed by atoms with E-state index in [-0.39, 0.29) is 44.3 Å². The van der Waals surface area contributed by atoms with Gasteiger partial charge in [-0.3, -0.25) is 19.5 Å². The number of fused-ring (bicyclic) bond motifs is 1. The number of ether oxygens (including phenoxy) is 1. The van der Waals surface area contributed by atoms with Crippen molar-refractivity contribution in [2.45, 2.75) is 33.0 Å². The molecule has 216 valence electrons. The standard InChI is InChI=1S/C29H22F3N3O6S/c1-4-40-27(37)24-16(3)33-28-34(25(24)18-9-8-15(2)21(13-18)35(38)39)26(36)23(42-28)14-20-10-11-22(41-20)17-6-5-7-19(12-17)29(30,31)32/h5-14,25H,4H2,1-3H3/b23-14+/t25-/m1/s1. The normalized spacial score (nSPS) is 15.4. The van der Waals surface area contributed by atoms with Crippen molar-refractivity contribution < 1.29 is 32.0 Å². The first-order chi connectivity index (χ1) is 19.9. The lowest BCUT2D eigenvalue weighted by molar-refractivity contribution is -0.385. The van der Waals surface area contributed by atoms with Gasteiger partial charge >= 0.3 is 12.1 Å². The highest BCUT2D eigenvalue weighted by Gasteiger charge is 2.34. The maximum Gasteiger partial charge on any atom is 0.416 e. The van der Waals surface area contributed by atoms with Crippen LogP contribution >= 0.6 is 11.3 Å². The number of nitrogens with zero attached hydrogens (tertiary/aromatic N) is 3. The van der Waals surface area contributed by atoms with Crippen LogP contribution in [0.4, 0.5) is 18.9 Å². The van der Waals surface area contributed by atoms with E-state index in [1.165, 1.54) is 41.0 Å². The molecule has 3 heterocycles. The molecule has 9 nitrogen and oxygen atoms in total. The summed E-state index contributed by atoms with van der Waals surface area (Å²) >= 11 is 1.01. The van der Waals surface area contributed by atoms with Gasteiger partial charge in [0.15, 0.2) is 4.80 Å². The van der Waals surface area contributed by atoms with Gasteiger partial charge in [0, 0.05) is 23.3 Å². The summed E-state index contributed by atoms with van der Waals surface area (Å²) in [6.07, 6.45) is -3.09. The summed E-state index contributed by atoms with van der Waals surface area (Å²) in [6, 6.07) is 11.1. The van der Waals surface area contributed by atoms with Crippen LogP contribution in [0.15, 0.2) is 80.1 Å². The van der Waals surface area contributed by atoms with E-state index in [0.717, 1.165) is 23.5 Å². The maximum atomic E-state index is 13.8. The lowest BCUT2D eigenvalue weighted by Crippen LogP contribution is -2.40. The van der Waals surface area contributed by atoms with Crippen molar-refractivity contribution in [3.63, 3.8) is 0 Å². The summed E-state index contributed by atoms with van der Waals surface area (Å²) in [5, 5.41) is 11.7. The second-order valence-electron chi connectivity index (χ2n) is 9.39. The highest BCUT2D eigenvalue weighted by Crippen LogP contribution is 2.34. The molecule has 0 N–H and O–H groups in total. The van der Waals surface area contributed by atoms with Gasteiger partial charge in [-0.15, -0.1) is 0 Å². The van der Waals surface area contributed by atoms with E-state index >= 15 is 0 Å². The van der Waals surface area contributed by atoms with Gasteiger partial charge < -0.3 is 9.15 Å². The fraction of sp³-hybridized carbons (Fsp3) is 0.207. The monoisotopic (exact) mass is 597 g/mol. The van der Waals surface area contributed by atoms with Crippen molar-refractivity contribution in [1.29, 1.82) is 0 Å². The van der Waals surface area contributed by atoms with Gasteiger partial charge in [-0.2, -0.15) is 13.2 Å². The number of esters is 1. The Morgan fingerprint density at radius 3 is 2.64 bits per heavy atom. The Balaban J connectivity index is 1.64. The first kappa shape index (κ1) is 28.7. The van der Waals surface area contributed by atoms with Crippen LogP contribution in [0, 0.1) is 17.0 Å². The Kier molecular flexibility index (Phi) is 7.45. The average molecular weight is 598 g/mol. The minimum atomic E-state index is -4.52. The van der Waals surface area contributed by atoms with Crippen LogP contribution in [0.1, 0.15) is 42.3 Å². The number of benzene rings is 2. The fourth-order valence-corrected chi connectivity index (χ4v) is 5.69. The molecular formula is C29H22F3N3O6S. The zero-order valence-corrected chi connectivity index (χ0v) is 23.2. The molecule has 0 saturated heterocycles. The maximum absolute atomic E-state index is 13.8. The van der Waals surface area contributed by atoms with Crippen molar-refractivity contribution in [2.24, 2.45) is 4.99 Å². The second-order valence-corrected chi connectivity index (χ2v) is 10.4. The molecule has 2 aromatic heterocycles. The molecule has 5 rings (SSSR count). The summed E-state index contributed by atoms with van der Waals surface area (Å²) in [7, 11) is 0. The first-order valence-electron chi connectivity index (χ1n) is 12.6. The van der Waals surface area contributed by atoms with Crippen LogP contribution in [0.3, 0.4) is 0 Å². The van der Waals surface area contributed by atoms with E-state index in [9.17, 15) is 32.9 Å². The van der Waals surface area contributed by atoms with Crippen LogP contribution in [0.5, 0.6) is 0 Å². The molecule has 0 aliphatic carbocycles. The smallest absolute Gasteiger partial charge is 0.416 e. The number of furan rings is 1. The van der Waals surface area contributed by atoms with Crippen LogP contribution < -0.4 is 14.9 Å². The second kappa shape index (κ2) is 10.9. The number of halogens is 3. The van der Waals surface area contributed by atoms with E-state index in [1.54, 1.807) is 32.9 Å². The molecule has 0 fully saturated rings. The zero-order valence-electron chi connectivity index (χ0n) is 22.4. The van der Waals surface area contributed by atoms with E-state index < -0.39 is 34.2 Å². The number of carbonyl (C=O) groups is 1. The Labute approximate surface area is 239 Å². The van der Waals surface area contributed by atoms with Crippen LogP contribution in [-0.4, -0.2) is 22.1 Å². The molecule has 13 heteroatoms. The minimum Gasteiger partial charge on any atom is -0.463 e. The van der Waals surface area contributed by atoms with E-state index in [2.05, 4.69) is 4.99 Å². The Morgan fingerprint density at radius 2 is 1.95 bits per heavy atom. The Morgan fingerprint density at radius 1 is 1.19 bits per heavy atom. The number of thiazole rings is 1. The van der Waals surface area contributed by atoms with E-state index in [4.69, 9.17) is 9.15 Å². The van der Waals surface area contributed by atoms with Gasteiger partial charge in [-0.1, -0.05) is 35.6 Å². The molecule has 0 unspecified atom stereocenters. The predicted octanol–water partition coefficient (Wildman–Crippen LogP) is 5.29. The number of hydrogen-bond donors (Lipinski definition) is 0. The van der Waals surface area contributed by atoms with Crippen LogP contribution in [0.25, 0.3) is 17.4 Å². The van der Waals surface area contributed by atoms with Crippen molar-refractivity contribution >= 4 is 29.1 Å². The number of nitro benzene ring substituents is 1. The number of carbonyl (C=O) groups excluding carboxylic acids is 1. The number of hydrogen-bond acceptors (Lipinski definition) is 8. The molecule has 0 radical (unpaired) electrons. The van der Waals surface area contributed by atoms with Gasteiger partial charge in [0.25, 0.3) is 11.2 Å². The number of nitro groups is 1. The summed E-state index contributed by atoms with van der Waals surface area (Å²) in [5.74, 6) is -0.333. The van der Waals surface area contributed by atoms with Crippen LogP contribution in [-0.2, 0) is 15.7 Å². The van der Waals surface area contributed by atoms with Crippen molar-refractivity contribution in [1.82, 2.24) is 4.57 Å². The highest BCUT2D eigenvalue weighted by molar-refractivity contribution is 7.07. The number of allylic oxidation sites excluding steroid dienone is 1. The zero-order chi connectivity index (χ0) is 30.3. The van der Waals surface area contributed by atoms with Gasteiger partial charge in [-0.25, -0.2) is 9.79 Å². The Hall–Kier alpha value is -4.78. The number of alkyl halides is 3. The quantitative estimate of drug-likeness (QED) is 0.169. The van der Waals surface area contributed by atoms with Crippen molar-refractivity contribution in [2.75, 3.05) is 6.61 Å². The predicted molar refractivity (Wildman–Crippen MR) is 147 cm³/mol. The minimum absolute atomic E-state index is 0.0630. The number of rotatable bonds is 6. The summed E-state index contributed by atoms with van der Waals surface area (Å²) < 4.78 is 52.0. The van der Waals surface area contributed by atoms with Crippen molar-refractivity contribution in [3.8, 4) is 11.3 Å². The number of aryl methyl sites for hydroxylation is 1. The van der Waals surface area contributed by atoms with Gasteiger partial charge in [0.1, 0.15) is 11.5 Å². The third kappa shape index (κ3) is 5.30. The molecular weight excluding hydrogens is 575 g/mol. The molecule has 0 spiro atoms.